The summed E-state index contributed by atoms with van der Waals surface area (Å²) >= 11 is 0. The molecule has 1 saturated heterocycles. The minimum Gasteiger partial charge on any atom is -0.507 e. The van der Waals surface area contributed by atoms with Crippen LogP contribution in [0.25, 0.3) is 0 Å². The molecule has 6 nitrogen and oxygen atoms in total. The number of hydrogen-bond donors (Lipinski definition) is 2. The van der Waals surface area contributed by atoms with Gasteiger partial charge in [0.25, 0.3) is 5.91 Å². The number of aromatic nitrogens is 2. The van der Waals surface area contributed by atoms with Crippen molar-refractivity contribution >= 4 is 5.91 Å². The van der Waals surface area contributed by atoms with E-state index < -0.39 is 6.10 Å². The van der Waals surface area contributed by atoms with Crippen LogP contribution in [0.3, 0.4) is 0 Å². The first-order chi connectivity index (χ1) is 12.0. The molecule has 6 heteroatoms. The summed E-state index contributed by atoms with van der Waals surface area (Å²) in [5.74, 6) is 0.642. The number of piperidine rings is 1. The number of phenols is 1. The molecule has 134 valence electrons. The number of amides is 1. The third kappa shape index (κ3) is 3.54. The Morgan fingerprint density at radius 2 is 2.08 bits per heavy atom. The molecule has 0 aliphatic carbocycles. The predicted octanol–water partition coefficient (Wildman–Crippen LogP) is 2.27. The van der Waals surface area contributed by atoms with Gasteiger partial charge in [-0.1, -0.05) is 13.0 Å². The number of phenolic OH excluding ortho intramolecular Hbond substituents is 1. The lowest BCUT2D eigenvalue weighted by atomic mass is 9.90. The van der Waals surface area contributed by atoms with E-state index in [1.165, 1.54) is 0 Å². The number of imidazole rings is 1. The molecule has 1 aliphatic rings. The number of likely N-dealkylation sites (tertiary alicyclic amines) is 1. The van der Waals surface area contributed by atoms with E-state index in [1.807, 2.05) is 30.8 Å². The van der Waals surface area contributed by atoms with Crippen molar-refractivity contribution in [3.63, 3.8) is 0 Å². The molecule has 1 amide bonds. The van der Waals surface area contributed by atoms with Crippen LogP contribution in [-0.2, 0) is 13.5 Å². The lowest BCUT2D eigenvalue weighted by Crippen LogP contribution is -2.40. The molecular formula is C19H25N3O3. The Kier molecular flexibility index (Phi) is 5.08. The first-order valence-electron chi connectivity index (χ1n) is 8.77. The SMILES string of the molecule is CCc1ccc(C(=O)N2CCC([C@@H](O)c3nccn3C)CC2)c(O)c1. The monoisotopic (exact) mass is 343 g/mol. The zero-order chi connectivity index (χ0) is 18.0. The first-order valence-corrected chi connectivity index (χ1v) is 8.77. The summed E-state index contributed by atoms with van der Waals surface area (Å²) in [4.78, 5) is 18.6. The second-order valence-electron chi connectivity index (χ2n) is 6.68. The molecule has 0 saturated carbocycles. The summed E-state index contributed by atoms with van der Waals surface area (Å²) in [6.07, 6.45) is 5.13. The van der Waals surface area contributed by atoms with E-state index in [0.717, 1.165) is 12.0 Å². The Morgan fingerprint density at radius 3 is 2.64 bits per heavy atom. The van der Waals surface area contributed by atoms with Gasteiger partial charge in [-0.15, -0.1) is 0 Å². The lowest BCUT2D eigenvalue weighted by molar-refractivity contribution is 0.0418. The largest absolute Gasteiger partial charge is 0.507 e. The standard InChI is InChI=1S/C19H25N3O3/c1-3-13-4-5-15(16(23)12-13)19(25)22-9-6-14(7-10-22)17(24)18-20-8-11-21(18)2/h4-5,8,11-12,14,17,23-24H,3,6-7,9-10H2,1-2H3/t17-/m1/s1. The molecule has 1 aromatic heterocycles. The molecule has 1 aromatic carbocycles. The molecule has 0 unspecified atom stereocenters. The smallest absolute Gasteiger partial charge is 0.257 e. The van der Waals surface area contributed by atoms with Crippen LogP contribution in [0, 0.1) is 5.92 Å². The highest BCUT2D eigenvalue weighted by atomic mass is 16.3. The summed E-state index contributed by atoms with van der Waals surface area (Å²) in [6.45, 7) is 3.15. The second-order valence-corrected chi connectivity index (χ2v) is 6.68. The van der Waals surface area contributed by atoms with Crippen LogP contribution in [0.15, 0.2) is 30.6 Å². The number of aliphatic hydroxyl groups is 1. The molecule has 0 radical (unpaired) electrons. The van der Waals surface area contributed by atoms with Gasteiger partial charge in [0.15, 0.2) is 0 Å². The summed E-state index contributed by atoms with van der Waals surface area (Å²) < 4.78 is 1.83. The third-order valence-corrected chi connectivity index (χ3v) is 5.10. The van der Waals surface area contributed by atoms with Gasteiger partial charge in [-0.2, -0.15) is 0 Å². The molecule has 2 N–H and O–H groups in total. The Morgan fingerprint density at radius 1 is 1.36 bits per heavy atom. The van der Waals surface area contributed by atoms with Crippen molar-refractivity contribution < 1.29 is 15.0 Å². The van der Waals surface area contributed by atoms with Gasteiger partial charge in [0.2, 0.25) is 0 Å². The van der Waals surface area contributed by atoms with Gasteiger partial charge in [-0.05, 0) is 42.9 Å². The lowest BCUT2D eigenvalue weighted by Gasteiger charge is -2.34. The van der Waals surface area contributed by atoms with Crippen LogP contribution in [0.1, 0.15) is 47.6 Å². The van der Waals surface area contributed by atoms with Crippen molar-refractivity contribution in [1.82, 2.24) is 14.5 Å². The fraction of sp³-hybridized carbons (Fsp3) is 0.474. The maximum Gasteiger partial charge on any atom is 0.257 e. The first kappa shape index (κ1) is 17.5. The van der Waals surface area contributed by atoms with Crippen molar-refractivity contribution in [2.75, 3.05) is 13.1 Å². The van der Waals surface area contributed by atoms with Crippen molar-refractivity contribution in [1.29, 1.82) is 0 Å². The topological polar surface area (TPSA) is 78.6 Å². The number of rotatable bonds is 4. The van der Waals surface area contributed by atoms with Crippen molar-refractivity contribution in [3.8, 4) is 5.75 Å². The van der Waals surface area contributed by atoms with Gasteiger partial charge in [-0.3, -0.25) is 4.79 Å². The molecule has 1 atom stereocenters. The van der Waals surface area contributed by atoms with Crippen LogP contribution < -0.4 is 0 Å². The van der Waals surface area contributed by atoms with Gasteiger partial charge in [-0.25, -0.2) is 4.98 Å². The predicted molar refractivity (Wildman–Crippen MR) is 94.3 cm³/mol. The van der Waals surface area contributed by atoms with Crippen LogP contribution >= 0.6 is 0 Å². The summed E-state index contributed by atoms with van der Waals surface area (Å²) in [6, 6.07) is 5.24. The number of carbonyl (C=O) groups is 1. The number of carbonyl (C=O) groups excluding carboxylic acids is 1. The summed E-state index contributed by atoms with van der Waals surface area (Å²) in [7, 11) is 1.87. The van der Waals surface area contributed by atoms with Crippen molar-refractivity contribution in [3.05, 3.63) is 47.5 Å². The van der Waals surface area contributed by atoms with E-state index in [-0.39, 0.29) is 17.6 Å². The zero-order valence-corrected chi connectivity index (χ0v) is 14.7. The van der Waals surface area contributed by atoms with Crippen molar-refractivity contribution in [2.45, 2.75) is 32.3 Å². The Bertz CT molecular complexity index is 748. The number of aliphatic hydroxyl groups excluding tert-OH is 1. The number of nitrogens with zero attached hydrogens (tertiary/aromatic N) is 3. The average Bonchev–Trinajstić information content (AvgIpc) is 3.06. The molecule has 0 spiro atoms. The minimum absolute atomic E-state index is 0.0412. The van der Waals surface area contributed by atoms with Gasteiger partial charge >= 0.3 is 0 Å². The molecule has 2 heterocycles. The van der Waals surface area contributed by atoms with Crippen molar-refractivity contribution in [2.24, 2.45) is 13.0 Å². The molecule has 0 bridgehead atoms. The van der Waals surface area contributed by atoms with Crippen LogP contribution in [0.4, 0.5) is 0 Å². The molecule has 3 rings (SSSR count). The zero-order valence-electron chi connectivity index (χ0n) is 14.7. The molecule has 25 heavy (non-hydrogen) atoms. The summed E-state index contributed by atoms with van der Waals surface area (Å²) in [5.41, 5.74) is 1.35. The van der Waals surface area contributed by atoms with E-state index >= 15 is 0 Å². The molecule has 1 fully saturated rings. The van der Waals surface area contributed by atoms with Gasteiger partial charge in [0.1, 0.15) is 17.7 Å². The summed E-state index contributed by atoms with van der Waals surface area (Å²) in [5, 5.41) is 20.7. The normalized spacial score (nSPS) is 16.8. The van der Waals surface area contributed by atoms with E-state index in [4.69, 9.17) is 0 Å². The third-order valence-electron chi connectivity index (χ3n) is 5.10. The number of benzene rings is 1. The van der Waals surface area contributed by atoms with Gasteiger partial charge in [0.05, 0.1) is 5.56 Å². The highest BCUT2D eigenvalue weighted by Gasteiger charge is 2.31. The minimum atomic E-state index is -0.616. The van der Waals surface area contributed by atoms with Gasteiger partial charge < -0.3 is 19.7 Å². The Labute approximate surface area is 147 Å². The maximum absolute atomic E-state index is 12.7. The fourth-order valence-corrected chi connectivity index (χ4v) is 3.44. The van der Waals surface area contributed by atoms with E-state index in [1.54, 1.807) is 23.2 Å². The Hall–Kier alpha value is -2.34. The number of aromatic hydroxyl groups is 1. The molecule has 1 aliphatic heterocycles. The highest BCUT2D eigenvalue weighted by Crippen LogP contribution is 2.31. The van der Waals surface area contributed by atoms with Crippen LogP contribution in [0.2, 0.25) is 0 Å². The van der Waals surface area contributed by atoms with E-state index in [2.05, 4.69) is 4.98 Å². The quantitative estimate of drug-likeness (QED) is 0.893. The number of aryl methyl sites for hydroxylation is 2. The molecule has 2 aromatic rings. The average molecular weight is 343 g/mol. The maximum atomic E-state index is 12.7. The van der Waals surface area contributed by atoms with E-state index in [9.17, 15) is 15.0 Å². The van der Waals surface area contributed by atoms with E-state index in [0.29, 0.717) is 37.3 Å². The highest BCUT2D eigenvalue weighted by molar-refractivity contribution is 5.97. The second kappa shape index (κ2) is 7.27. The van der Waals surface area contributed by atoms with Crippen LogP contribution in [-0.4, -0.2) is 43.7 Å². The van der Waals surface area contributed by atoms with Gasteiger partial charge in [0, 0.05) is 32.5 Å². The Balaban J connectivity index is 1.64. The number of hydrogen-bond acceptors (Lipinski definition) is 4. The fourth-order valence-electron chi connectivity index (χ4n) is 3.44. The van der Waals surface area contributed by atoms with Crippen LogP contribution in [0.5, 0.6) is 5.75 Å². The molecular weight excluding hydrogens is 318 g/mol.